The summed E-state index contributed by atoms with van der Waals surface area (Å²) in [5.74, 6) is 1.19. The average molecular weight is 436 g/mol. The summed E-state index contributed by atoms with van der Waals surface area (Å²) < 4.78 is 36.4. The minimum atomic E-state index is -3.52. The maximum absolute atomic E-state index is 12.0. The number of sulfonamides is 1. The zero-order valence-electron chi connectivity index (χ0n) is 12.6. The van der Waals surface area contributed by atoms with E-state index >= 15 is 0 Å². The monoisotopic (exact) mass is 434 g/mol. The number of anilines is 3. The molecule has 1 aromatic heterocycles. The molecule has 3 rings (SSSR count). The molecule has 0 spiro atoms. The first kappa shape index (κ1) is 17.1. The molecule has 11 heteroatoms. The van der Waals surface area contributed by atoms with Crippen LogP contribution in [0.15, 0.2) is 22.8 Å². The molecule has 24 heavy (non-hydrogen) atoms. The highest BCUT2D eigenvalue weighted by Gasteiger charge is 2.28. The van der Waals surface area contributed by atoms with Gasteiger partial charge >= 0.3 is 0 Å². The lowest BCUT2D eigenvalue weighted by Gasteiger charge is -2.22. The van der Waals surface area contributed by atoms with Crippen LogP contribution in [0.1, 0.15) is 0 Å². The van der Waals surface area contributed by atoms with Crippen molar-refractivity contribution in [2.75, 3.05) is 29.7 Å². The molecule has 2 heterocycles. The van der Waals surface area contributed by atoms with E-state index in [1.165, 1.54) is 13.2 Å². The molecule has 0 radical (unpaired) electrons. The molecule has 0 aliphatic carbocycles. The zero-order valence-corrected chi connectivity index (χ0v) is 15.7. The van der Waals surface area contributed by atoms with Crippen molar-refractivity contribution in [3.05, 3.63) is 28.1 Å². The minimum Gasteiger partial charge on any atom is -0.454 e. The van der Waals surface area contributed by atoms with Gasteiger partial charge < -0.3 is 14.8 Å². The third-order valence-corrected chi connectivity index (χ3v) is 5.23. The number of hydrogen-bond donors (Lipinski definition) is 1. The van der Waals surface area contributed by atoms with Crippen LogP contribution >= 0.6 is 27.5 Å². The number of hydrogen-bond acceptors (Lipinski definition) is 7. The molecule has 0 bridgehead atoms. The fraction of sp³-hybridized carbons (Fsp3) is 0.231. The van der Waals surface area contributed by atoms with Crippen LogP contribution in [0.5, 0.6) is 11.5 Å². The molecule has 1 aromatic carbocycles. The third-order valence-electron chi connectivity index (χ3n) is 3.29. The van der Waals surface area contributed by atoms with E-state index in [1.54, 1.807) is 12.1 Å². The smallest absolute Gasteiger partial charge is 0.232 e. The minimum absolute atomic E-state index is 0.0203. The molecule has 0 atom stereocenters. The molecule has 0 fully saturated rings. The second-order valence-electron chi connectivity index (χ2n) is 4.89. The van der Waals surface area contributed by atoms with Crippen molar-refractivity contribution in [1.29, 1.82) is 0 Å². The number of nitrogens with one attached hydrogen (secondary N) is 1. The summed E-state index contributed by atoms with van der Waals surface area (Å²) in [7, 11) is -2.09. The fourth-order valence-corrected chi connectivity index (χ4v) is 3.03. The molecule has 0 unspecified atom stereocenters. The largest absolute Gasteiger partial charge is 0.454 e. The lowest BCUT2D eigenvalue weighted by Crippen LogP contribution is -2.26. The van der Waals surface area contributed by atoms with Crippen LogP contribution in [0.25, 0.3) is 0 Å². The maximum atomic E-state index is 12.0. The maximum Gasteiger partial charge on any atom is 0.232 e. The van der Waals surface area contributed by atoms with Crippen molar-refractivity contribution in [2.24, 2.45) is 0 Å². The van der Waals surface area contributed by atoms with Crippen molar-refractivity contribution < 1.29 is 17.9 Å². The standard InChI is InChI=1S/C13H12BrClN4O4S/c1-19(24(2,20)21)10-8(3-4-9-11(10)23-6-22-9)17-12-7(14)5-16-13(15)18-12/h3-5H,6H2,1-2H3,(H,16,17,18). The lowest BCUT2D eigenvalue weighted by atomic mass is 10.2. The average Bonchev–Trinajstić information content (AvgIpc) is 2.97. The van der Waals surface area contributed by atoms with Gasteiger partial charge in [-0.25, -0.2) is 13.4 Å². The number of rotatable bonds is 4. The van der Waals surface area contributed by atoms with Gasteiger partial charge in [0.15, 0.2) is 11.5 Å². The first-order valence-electron chi connectivity index (χ1n) is 6.59. The van der Waals surface area contributed by atoms with Gasteiger partial charge in [-0.1, -0.05) is 0 Å². The van der Waals surface area contributed by atoms with Gasteiger partial charge in [-0.05, 0) is 39.7 Å². The van der Waals surface area contributed by atoms with Gasteiger partial charge in [-0.2, -0.15) is 4.98 Å². The highest BCUT2D eigenvalue weighted by atomic mass is 79.9. The lowest BCUT2D eigenvalue weighted by molar-refractivity contribution is 0.174. The summed E-state index contributed by atoms with van der Waals surface area (Å²) in [6.07, 6.45) is 2.59. The van der Waals surface area contributed by atoms with E-state index in [4.69, 9.17) is 21.1 Å². The SMILES string of the molecule is CN(c1c(Nc2nc(Cl)ncc2Br)ccc2c1OCO2)S(C)(=O)=O. The molecule has 0 saturated carbocycles. The Hall–Kier alpha value is -1.78. The molecule has 128 valence electrons. The summed E-state index contributed by atoms with van der Waals surface area (Å²) in [6.45, 7) is 0.0203. The molecule has 0 saturated heterocycles. The molecular formula is C13H12BrClN4O4S. The van der Waals surface area contributed by atoms with Crippen molar-refractivity contribution >= 4 is 54.7 Å². The topological polar surface area (TPSA) is 93.7 Å². The third kappa shape index (κ3) is 3.21. The summed E-state index contributed by atoms with van der Waals surface area (Å²) in [5, 5.41) is 3.10. The Bertz CT molecular complexity index is 909. The summed E-state index contributed by atoms with van der Waals surface area (Å²) in [5.41, 5.74) is 0.775. The van der Waals surface area contributed by atoms with Gasteiger partial charge in [-0.3, -0.25) is 4.31 Å². The van der Waals surface area contributed by atoms with Crippen molar-refractivity contribution in [3.63, 3.8) is 0 Å². The van der Waals surface area contributed by atoms with Crippen molar-refractivity contribution in [1.82, 2.24) is 9.97 Å². The first-order valence-corrected chi connectivity index (χ1v) is 9.61. The molecule has 8 nitrogen and oxygen atoms in total. The van der Waals surface area contributed by atoms with Crippen LogP contribution in [0.2, 0.25) is 5.28 Å². The Labute approximate surface area is 151 Å². The van der Waals surface area contributed by atoms with Crippen LogP contribution in [-0.2, 0) is 10.0 Å². The zero-order chi connectivity index (χ0) is 17.5. The van der Waals surface area contributed by atoms with Crippen LogP contribution in [0, 0.1) is 0 Å². The molecule has 0 amide bonds. The number of nitrogens with zero attached hydrogens (tertiary/aromatic N) is 3. The number of benzene rings is 1. The molecule has 1 aliphatic rings. The quantitative estimate of drug-likeness (QED) is 0.738. The fourth-order valence-electron chi connectivity index (χ4n) is 2.10. The molecule has 1 aliphatic heterocycles. The number of fused-ring (bicyclic) bond motifs is 1. The van der Waals surface area contributed by atoms with Gasteiger partial charge in [0.1, 0.15) is 11.5 Å². The van der Waals surface area contributed by atoms with E-state index in [-0.39, 0.29) is 12.1 Å². The van der Waals surface area contributed by atoms with Gasteiger partial charge in [-0.15, -0.1) is 0 Å². The first-order chi connectivity index (χ1) is 11.3. The van der Waals surface area contributed by atoms with Crippen LogP contribution < -0.4 is 19.1 Å². The molecule has 1 N–H and O–H groups in total. The van der Waals surface area contributed by atoms with E-state index in [0.29, 0.717) is 33.2 Å². The van der Waals surface area contributed by atoms with E-state index in [0.717, 1.165) is 10.6 Å². The Morgan fingerprint density at radius 3 is 2.83 bits per heavy atom. The van der Waals surface area contributed by atoms with E-state index in [9.17, 15) is 8.42 Å². The van der Waals surface area contributed by atoms with Crippen LogP contribution in [0.3, 0.4) is 0 Å². The highest BCUT2D eigenvalue weighted by molar-refractivity contribution is 9.10. The van der Waals surface area contributed by atoms with Gasteiger partial charge in [0.2, 0.25) is 22.1 Å². The van der Waals surface area contributed by atoms with E-state index < -0.39 is 10.0 Å². The van der Waals surface area contributed by atoms with Crippen LogP contribution in [0.4, 0.5) is 17.2 Å². The Balaban J connectivity index is 2.13. The van der Waals surface area contributed by atoms with Crippen molar-refractivity contribution in [2.45, 2.75) is 0 Å². The van der Waals surface area contributed by atoms with Gasteiger partial charge in [0, 0.05) is 13.2 Å². The summed E-state index contributed by atoms with van der Waals surface area (Å²) >= 11 is 9.14. The molecular weight excluding hydrogens is 424 g/mol. The number of aromatic nitrogens is 2. The van der Waals surface area contributed by atoms with E-state index in [1.807, 2.05) is 0 Å². The van der Waals surface area contributed by atoms with Crippen LogP contribution in [-0.4, -0.2) is 38.5 Å². The summed E-state index contributed by atoms with van der Waals surface area (Å²) in [4.78, 5) is 7.93. The second-order valence-corrected chi connectivity index (χ2v) is 8.09. The predicted molar refractivity (Wildman–Crippen MR) is 93.8 cm³/mol. The molecule has 2 aromatic rings. The Morgan fingerprint density at radius 2 is 2.12 bits per heavy atom. The predicted octanol–water partition coefficient (Wildman–Crippen LogP) is 2.76. The van der Waals surface area contributed by atoms with Gasteiger partial charge in [0.25, 0.3) is 0 Å². The highest BCUT2D eigenvalue weighted by Crippen LogP contribution is 2.47. The Morgan fingerprint density at radius 1 is 1.38 bits per heavy atom. The van der Waals surface area contributed by atoms with E-state index in [2.05, 4.69) is 31.2 Å². The number of halogens is 2. The normalized spacial score (nSPS) is 13.0. The second kappa shape index (κ2) is 6.26. The van der Waals surface area contributed by atoms with Gasteiger partial charge in [0.05, 0.1) is 16.4 Å². The summed E-state index contributed by atoms with van der Waals surface area (Å²) in [6, 6.07) is 3.36. The van der Waals surface area contributed by atoms with Crippen molar-refractivity contribution in [3.8, 4) is 11.5 Å². The Kier molecular flexibility index (Phi) is 4.45. The number of ether oxygens (including phenoxy) is 2.